The smallest absolute Gasteiger partial charge is 0.292 e. The molecular formula is C17H17N5O4S. The molecule has 0 unspecified atom stereocenters. The Morgan fingerprint density at radius 2 is 2.11 bits per heavy atom. The van der Waals surface area contributed by atoms with Gasteiger partial charge in [0.15, 0.2) is 0 Å². The van der Waals surface area contributed by atoms with E-state index in [1.807, 2.05) is 16.8 Å². The maximum absolute atomic E-state index is 11.9. The molecule has 3 aromatic rings. The fourth-order valence-electron chi connectivity index (χ4n) is 2.36. The fraction of sp³-hybridized carbons (Fsp3) is 0.235. The number of nitrogens with one attached hydrogen (secondary N) is 2. The van der Waals surface area contributed by atoms with E-state index in [0.717, 1.165) is 5.56 Å². The van der Waals surface area contributed by atoms with Crippen molar-refractivity contribution < 1.29 is 14.2 Å². The van der Waals surface area contributed by atoms with Crippen LogP contribution in [0, 0.1) is 10.1 Å². The van der Waals surface area contributed by atoms with E-state index in [0.29, 0.717) is 36.9 Å². The monoisotopic (exact) mass is 387 g/mol. The number of para-hydroxylation sites is 2. The first-order chi connectivity index (χ1) is 13.1. The number of nitro benzene ring substituents is 1. The number of carbonyl (C=O) groups excluding carboxylic acids is 1. The Labute approximate surface area is 158 Å². The molecule has 0 spiro atoms. The molecule has 10 heteroatoms. The molecule has 0 bridgehead atoms. The van der Waals surface area contributed by atoms with Crippen LogP contribution in [0.2, 0.25) is 0 Å². The summed E-state index contributed by atoms with van der Waals surface area (Å²) in [5.74, 6) is 0.763. The average molecular weight is 387 g/mol. The lowest BCUT2D eigenvalue weighted by Crippen LogP contribution is -2.29. The summed E-state index contributed by atoms with van der Waals surface area (Å²) < 4.78 is 5.15. The molecule has 2 aromatic heterocycles. The molecule has 0 aliphatic carbocycles. The first-order valence-corrected chi connectivity index (χ1v) is 9.17. The van der Waals surface area contributed by atoms with Gasteiger partial charge in [-0.3, -0.25) is 14.9 Å². The standard InChI is InChI=1S/C17H17N5O4S/c23-15(5-6-16-20-17(21-26-16)12-7-10-27-11-12)19-9-8-18-13-3-1-2-4-14(13)22(24)25/h1-4,7,10-11,18H,5-6,8-9H2,(H,19,23). The van der Waals surface area contributed by atoms with Gasteiger partial charge in [0.2, 0.25) is 17.6 Å². The van der Waals surface area contributed by atoms with Gasteiger partial charge in [-0.25, -0.2) is 0 Å². The van der Waals surface area contributed by atoms with Crippen LogP contribution in [-0.2, 0) is 11.2 Å². The van der Waals surface area contributed by atoms with Crippen LogP contribution in [0.4, 0.5) is 11.4 Å². The lowest BCUT2D eigenvalue weighted by molar-refractivity contribution is -0.384. The first-order valence-electron chi connectivity index (χ1n) is 8.22. The number of hydrogen-bond acceptors (Lipinski definition) is 8. The molecule has 140 valence electrons. The summed E-state index contributed by atoms with van der Waals surface area (Å²) in [5.41, 5.74) is 1.31. The van der Waals surface area contributed by atoms with Gasteiger partial charge in [0, 0.05) is 42.9 Å². The van der Waals surface area contributed by atoms with Gasteiger partial charge in [-0.05, 0) is 17.5 Å². The van der Waals surface area contributed by atoms with Gasteiger partial charge in [-0.1, -0.05) is 17.3 Å². The SMILES string of the molecule is O=C(CCc1nc(-c2ccsc2)no1)NCCNc1ccccc1[N+](=O)[O-]. The Morgan fingerprint density at radius 3 is 2.89 bits per heavy atom. The fourth-order valence-corrected chi connectivity index (χ4v) is 2.99. The predicted molar refractivity (Wildman–Crippen MR) is 101 cm³/mol. The number of thiophene rings is 1. The van der Waals surface area contributed by atoms with Crippen LogP contribution < -0.4 is 10.6 Å². The van der Waals surface area contributed by atoms with Crippen LogP contribution in [-0.4, -0.2) is 34.1 Å². The van der Waals surface area contributed by atoms with Crippen molar-refractivity contribution in [3.8, 4) is 11.4 Å². The van der Waals surface area contributed by atoms with Crippen LogP contribution >= 0.6 is 11.3 Å². The van der Waals surface area contributed by atoms with E-state index in [9.17, 15) is 14.9 Å². The van der Waals surface area contributed by atoms with Crippen molar-refractivity contribution in [1.82, 2.24) is 15.5 Å². The minimum Gasteiger partial charge on any atom is -0.378 e. The highest BCUT2D eigenvalue weighted by Crippen LogP contribution is 2.22. The number of nitro groups is 1. The number of benzene rings is 1. The number of carbonyl (C=O) groups is 1. The van der Waals surface area contributed by atoms with Gasteiger partial charge in [0.05, 0.1) is 4.92 Å². The highest BCUT2D eigenvalue weighted by molar-refractivity contribution is 7.08. The second-order valence-corrected chi connectivity index (χ2v) is 6.35. The van der Waals surface area contributed by atoms with E-state index in [-0.39, 0.29) is 18.0 Å². The third-order valence-corrected chi connectivity index (χ3v) is 4.36. The van der Waals surface area contributed by atoms with Gasteiger partial charge in [-0.2, -0.15) is 16.3 Å². The molecule has 2 N–H and O–H groups in total. The molecule has 0 aliphatic heterocycles. The van der Waals surface area contributed by atoms with Gasteiger partial charge >= 0.3 is 0 Å². The number of aryl methyl sites for hydroxylation is 1. The van der Waals surface area contributed by atoms with Crippen molar-refractivity contribution in [2.24, 2.45) is 0 Å². The summed E-state index contributed by atoms with van der Waals surface area (Å²) >= 11 is 1.54. The second kappa shape index (κ2) is 8.90. The van der Waals surface area contributed by atoms with Crippen molar-refractivity contribution >= 4 is 28.6 Å². The van der Waals surface area contributed by atoms with Crippen LogP contribution in [0.1, 0.15) is 12.3 Å². The molecule has 2 heterocycles. The maximum atomic E-state index is 11.9. The zero-order valence-corrected chi connectivity index (χ0v) is 15.1. The summed E-state index contributed by atoms with van der Waals surface area (Å²) in [6.45, 7) is 0.717. The van der Waals surface area contributed by atoms with Gasteiger partial charge in [0.1, 0.15) is 5.69 Å². The zero-order chi connectivity index (χ0) is 19.1. The van der Waals surface area contributed by atoms with E-state index in [1.54, 1.807) is 29.5 Å². The number of amides is 1. The van der Waals surface area contributed by atoms with Crippen molar-refractivity contribution in [2.45, 2.75) is 12.8 Å². The van der Waals surface area contributed by atoms with Gasteiger partial charge < -0.3 is 15.2 Å². The Balaban J connectivity index is 1.39. The Morgan fingerprint density at radius 1 is 1.26 bits per heavy atom. The zero-order valence-electron chi connectivity index (χ0n) is 14.3. The van der Waals surface area contributed by atoms with E-state index >= 15 is 0 Å². The van der Waals surface area contributed by atoms with E-state index < -0.39 is 4.92 Å². The topological polar surface area (TPSA) is 123 Å². The molecule has 0 atom stereocenters. The number of hydrogen-bond donors (Lipinski definition) is 2. The summed E-state index contributed by atoms with van der Waals surface area (Å²) in [7, 11) is 0. The molecule has 0 saturated carbocycles. The number of aromatic nitrogens is 2. The summed E-state index contributed by atoms with van der Waals surface area (Å²) in [5, 5.41) is 24.4. The van der Waals surface area contributed by atoms with E-state index in [2.05, 4.69) is 20.8 Å². The Hall–Kier alpha value is -3.27. The van der Waals surface area contributed by atoms with Crippen molar-refractivity contribution in [3.05, 3.63) is 57.1 Å². The first kappa shape index (κ1) is 18.5. The third kappa shape index (κ3) is 5.11. The van der Waals surface area contributed by atoms with Crippen molar-refractivity contribution in [2.75, 3.05) is 18.4 Å². The minimum absolute atomic E-state index is 0.00152. The summed E-state index contributed by atoms with van der Waals surface area (Å²) in [4.78, 5) is 26.6. The van der Waals surface area contributed by atoms with E-state index in [1.165, 1.54) is 6.07 Å². The molecule has 1 aromatic carbocycles. The molecule has 27 heavy (non-hydrogen) atoms. The second-order valence-electron chi connectivity index (χ2n) is 5.57. The van der Waals surface area contributed by atoms with Crippen molar-refractivity contribution in [1.29, 1.82) is 0 Å². The van der Waals surface area contributed by atoms with Gasteiger partial charge in [-0.15, -0.1) is 0 Å². The highest BCUT2D eigenvalue weighted by Gasteiger charge is 2.12. The Kier molecular flexibility index (Phi) is 6.10. The quantitative estimate of drug-likeness (QED) is 0.329. The van der Waals surface area contributed by atoms with Crippen LogP contribution in [0.15, 0.2) is 45.6 Å². The normalized spacial score (nSPS) is 10.5. The van der Waals surface area contributed by atoms with E-state index in [4.69, 9.17) is 4.52 Å². The largest absolute Gasteiger partial charge is 0.378 e. The molecule has 9 nitrogen and oxygen atoms in total. The maximum Gasteiger partial charge on any atom is 0.292 e. The Bertz CT molecular complexity index is 910. The third-order valence-electron chi connectivity index (χ3n) is 3.68. The number of nitrogens with zero attached hydrogens (tertiary/aromatic N) is 3. The average Bonchev–Trinajstić information content (AvgIpc) is 3.35. The van der Waals surface area contributed by atoms with Crippen LogP contribution in [0.25, 0.3) is 11.4 Å². The summed E-state index contributed by atoms with van der Waals surface area (Å²) in [6.07, 6.45) is 0.567. The molecule has 3 rings (SSSR count). The number of anilines is 1. The van der Waals surface area contributed by atoms with Crippen molar-refractivity contribution in [3.63, 3.8) is 0 Å². The number of rotatable bonds is 9. The summed E-state index contributed by atoms with van der Waals surface area (Å²) in [6, 6.07) is 8.27. The molecule has 0 aliphatic rings. The molecule has 1 amide bonds. The molecule has 0 fully saturated rings. The van der Waals surface area contributed by atoms with Gasteiger partial charge in [0.25, 0.3) is 5.69 Å². The van der Waals surface area contributed by atoms with Crippen LogP contribution in [0.3, 0.4) is 0 Å². The minimum atomic E-state index is -0.449. The lowest BCUT2D eigenvalue weighted by atomic mass is 10.2. The molecule has 0 radical (unpaired) electrons. The lowest BCUT2D eigenvalue weighted by Gasteiger charge is -2.08. The highest BCUT2D eigenvalue weighted by atomic mass is 32.1. The van der Waals surface area contributed by atoms with Crippen LogP contribution in [0.5, 0.6) is 0 Å². The molecular weight excluding hydrogens is 370 g/mol. The molecule has 0 saturated heterocycles. The predicted octanol–water partition coefficient (Wildman–Crippen LogP) is 2.87.